The van der Waals surface area contributed by atoms with Gasteiger partial charge in [-0.05, 0) is 18.8 Å². The first-order valence-corrected chi connectivity index (χ1v) is 9.15. The number of aryl methyl sites for hydroxylation is 1. The molecule has 0 radical (unpaired) electrons. The van der Waals surface area contributed by atoms with Crippen molar-refractivity contribution >= 4 is 5.95 Å². The minimum Gasteiger partial charge on any atom is -0.342 e. The van der Waals surface area contributed by atoms with Gasteiger partial charge in [-0.25, -0.2) is 9.97 Å². The van der Waals surface area contributed by atoms with Crippen molar-refractivity contribution in [3.8, 4) is 0 Å². The number of nitrogens with one attached hydrogen (secondary N) is 1. The summed E-state index contributed by atoms with van der Waals surface area (Å²) >= 11 is 0. The summed E-state index contributed by atoms with van der Waals surface area (Å²) in [5, 5.41) is 0. The van der Waals surface area contributed by atoms with Crippen LogP contribution < -0.4 is 10.5 Å². The fraction of sp³-hybridized carbons (Fsp3) is 0.611. The van der Waals surface area contributed by atoms with Crippen LogP contribution in [0.4, 0.5) is 5.95 Å². The number of hydrogen-bond acceptors (Lipinski definition) is 5. The highest BCUT2D eigenvalue weighted by Crippen LogP contribution is 2.22. The van der Waals surface area contributed by atoms with Crippen LogP contribution >= 0.6 is 0 Å². The van der Waals surface area contributed by atoms with Crippen LogP contribution in [0.25, 0.3) is 0 Å². The Hall–Kier alpha value is -2.15. The van der Waals surface area contributed by atoms with Gasteiger partial charge in [-0.2, -0.15) is 0 Å². The molecule has 7 heteroatoms. The van der Waals surface area contributed by atoms with Crippen LogP contribution in [0.2, 0.25) is 0 Å². The van der Waals surface area contributed by atoms with Crippen molar-refractivity contribution in [2.75, 3.05) is 24.5 Å². The third-order valence-corrected chi connectivity index (χ3v) is 5.38. The van der Waals surface area contributed by atoms with Crippen molar-refractivity contribution in [2.24, 2.45) is 13.0 Å². The van der Waals surface area contributed by atoms with Gasteiger partial charge in [0.1, 0.15) is 5.82 Å². The number of rotatable bonds is 3. The van der Waals surface area contributed by atoms with Crippen molar-refractivity contribution in [1.29, 1.82) is 0 Å². The number of anilines is 1. The van der Waals surface area contributed by atoms with Gasteiger partial charge in [-0.1, -0.05) is 6.92 Å². The lowest BCUT2D eigenvalue weighted by Gasteiger charge is -2.33. The second-order valence-corrected chi connectivity index (χ2v) is 7.42. The van der Waals surface area contributed by atoms with E-state index in [0.717, 1.165) is 55.6 Å². The molecular weight excluding hydrogens is 316 g/mol. The predicted octanol–water partition coefficient (Wildman–Crippen LogP) is 1.30. The summed E-state index contributed by atoms with van der Waals surface area (Å²) < 4.78 is 2.03. The molecule has 0 unspecified atom stereocenters. The standard InChI is InChI=1S/C18H26N6O/c1-13-4-3-7-24(10-13)18-20-15-5-8-23(11-14(15)17(25)21-18)12-16-19-6-9-22(16)2/h6,9,13H,3-5,7-8,10-12H2,1-2H3,(H,20,21,25)/t13-/m0/s1. The van der Waals surface area contributed by atoms with E-state index in [-0.39, 0.29) is 5.56 Å². The molecule has 7 nitrogen and oxygen atoms in total. The maximum Gasteiger partial charge on any atom is 0.257 e. The van der Waals surface area contributed by atoms with Gasteiger partial charge in [0.2, 0.25) is 5.95 Å². The Morgan fingerprint density at radius 2 is 2.24 bits per heavy atom. The molecule has 1 saturated heterocycles. The number of nitrogens with zero attached hydrogens (tertiary/aromatic N) is 5. The molecule has 2 aliphatic heterocycles. The number of hydrogen-bond donors (Lipinski definition) is 1. The van der Waals surface area contributed by atoms with Crippen LogP contribution in [-0.2, 0) is 26.6 Å². The zero-order chi connectivity index (χ0) is 17.4. The molecule has 0 amide bonds. The monoisotopic (exact) mass is 342 g/mol. The van der Waals surface area contributed by atoms with Gasteiger partial charge in [0.05, 0.1) is 17.8 Å². The minimum absolute atomic E-state index is 0.0165. The zero-order valence-electron chi connectivity index (χ0n) is 15.0. The first kappa shape index (κ1) is 16.3. The molecule has 25 heavy (non-hydrogen) atoms. The molecule has 4 rings (SSSR count). The Balaban J connectivity index is 1.53. The first-order valence-electron chi connectivity index (χ1n) is 9.15. The van der Waals surface area contributed by atoms with Gasteiger partial charge in [-0.15, -0.1) is 0 Å². The van der Waals surface area contributed by atoms with Crippen LogP contribution in [0.1, 0.15) is 36.8 Å². The molecule has 2 aliphatic rings. The van der Waals surface area contributed by atoms with E-state index in [1.807, 2.05) is 24.0 Å². The molecule has 1 atom stereocenters. The Bertz CT molecular complexity index is 810. The third kappa shape index (κ3) is 3.33. The number of aromatic amines is 1. The normalized spacial score (nSPS) is 21.4. The number of aromatic nitrogens is 4. The summed E-state index contributed by atoms with van der Waals surface area (Å²) in [5.41, 5.74) is 1.80. The Labute approximate surface area is 147 Å². The quantitative estimate of drug-likeness (QED) is 0.910. The molecule has 1 fully saturated rings. The number of imidazole rings is 1. The highest BCUT2D eigenvalue weighted by Gasteiger charge is 2.24. The Kier molecular flexibility index (Phi) is 4.33. The first-order chi connectivity index (χ1) is 12.1. The van der Waals surface area contributed by atoms with Crippen molar-refractivity contribution in [3.05, 3.63) is 39.8 Å². The summed E-state index contributed by atoms with van der Waals surface area (Å²) in [6.45, 7) is 6.53. The van der Waals surface area contributed by atoms with E-state index in [4.69, 9.17) is 4.98 Å². The van der Waals surface area contributed by atoms with Gasteiger partial charge in [-0.3, -0.25) is 14.7 Å². The average molecular weight is 342 g/mol. The van der Waals surface area contributed by atoms with E-state index < -0.39 is 0 Å². The molecule has 4 heterocycles. The average Bonchev–Trinajstić information content (AvgIpc) is 3.00. The zero-order valence-corrected chi connectivity index (χ0v) is 15.0. The lowest BCUT2D eigenvalue weighted by Crippen LogP contribution is -2.40. The van der Waals surface area contributed by atoms with Gasteiger partial charge in [0.25, 0.3) is 5.56 Å². The SMILES string of the molecule is C[C@H]1CCCN(c2nc3c(c(=O)[nH]2)CN(Cc2nccn2C)CC3)C1. The number of piperidine rings is 1. The van der Waals surface area contributed by atoms with E-state index in [1.54, 1.807) is 0 Å². The molecule has 2 aromatic heterocycles. The molecule has 0 aromatic carbocycles. The Morgan fingerprint density at radius 1 is 1.36 bits per heavy atom. The highest BCUT2D eigenvalue weighted by atomic mass is 16.1. The second-order valence-electron chi connectivity index (χ2n) is 7.42. The summed E-state index contributed by atoms with van der Waals surface area (Å²) in [7, 11) is 2.00. The molecule has 2 aromatic rings. The van der Waals surface area contributed by atoms with Crippen LogP contribution in [0.15, 0.2) is 17.2 Å². The summed E-state index contributed by atoms with van der Waals surface area (Å²) in [6, 6.07) is 0. The van der Waals surface area contributed by atoms with Crippen molar-refractivity contribution in [2.45, 2.75) is 39.3 Å². The summed E-state index contributed by atoms with van der Waals surface area (Å²) in [4.78, 5) is 29.4. The molecular formula is C18H26N6O. The Morgan fingerprint density at radius 3 is 3.00 bits per heavy atom. The van der Waals surface area contributed by atoms with Crippen LogP contribution in [0, 0.1) is 5.92 Å². The third-order valence-electron chi connectivity index (χ3n) is 5.38. The van der Waals surface area contributed by atoms with E-state index in [9.17, 15) is 4.79 Å². The van der Waals surface area contributed by atoms with E-state index >= 15 is 0 Å². The predicted molar refractivity (Wildman–Crippen MR) is 96.5 cm³/mol. The van der Waals surface area contributed by atoms with Crippen LogP contribution in [0.3, 0.4) is 0 Å². The van der Waals surface area contributed by atoms with E-state index in [0.29, 0.717) is 12.5 Å². The van der Waals surface area contributed by atoms with E-state index in [2.05, 4.69) is 26.7 Å². The van der Waals surface area contributed by atoms with Crippen molar-refractivity contribution in [1.82, 2.24) is 24.4 Å². The largest absolute Gasteiger partial charge is 0.342 e. The molecule has 0 aliphatic carbocycles. The van der Waals surface area contributed by atoms with Crippen LogP contribution in [0.5, 0.6) is 0 Å². The smallest absolute Gasteiger partial charge is 0.257 e. The summed E-state index contributed by atoms with van der Waals surface area (Å²) in [6.07, 6.45) is 7.01. The fourth-order valence-corrected chi connectivity index (χ4v) is 3.88. The minimum atomic E-state index is 0.0165. The molecule has 0 bridgehead atoms. The summed E-state index contributed by atoms with van der Waals surface area (Å²) in [5.74, 6) is 2.43. The van der Waals surface area contributed by atoms with Gasteiger partial charge >= 0.3 is 0 Å². The topological polar surface area (TPSA) is 70.1 Å². The van der Waals surface area contributed by atoms with Gasteiger partial charge < -0.3 is 9.47 Å². The molecule has 0 saturated carbocycles. The van der Waals surface area contributed by atoms with Crippen LogP contribution in [-0.4, -0.2) is 44.1 Å². The number of H-pyrrole nitrogens is 1. The van der Waals surface area contributed by atoms with Crippen molar-refractivity contribution in [3.63, 3.8) is 0 Å². The van der Waals surface area contributed by atoms with E-state index in [1.165, 1.54) is 12.8 Å². The van der Waals surface area contributed by atoms with Crippen molar-refractivity contribution < 1.29 is 0 Å². The molecule has 0 spiro atoms. The lowest BCUT2D eigenvalue weighted by atomic mass is 10.0. The second kappa shape index (κ2) is 6.63. The fourth-order valence-electron chi connectivity index (χ4n) is 3.88. The number of fused-ring (bicyclic) bond motifs is 1. The lowest BCUT2D eigenvalue weighted by molar-refractivity contribution is 0.233. The van der Waals surface area contributed by atoms with Gasteiger partial charge in [0, 0.05) is 52.0 Å². The molecule has 1 N–H and O–H groups in total. The van der Waals surface area contributed by atoms with Gasteiger partial charge in [0.15, 0.2) is 0 Å². The maximum absolute atomic E-state index is 12.7. The highest BCUT2D eigenvalue weighted by molar-refractivity contribution is 5.35. The molecule has 134 valence electrons. The maximum atomic E-state index is 12.7.